The Morgan fingerprint density at radius 3 is 2.83 bits per heavy atom. The van der Waals surface area contributed by atoms with Crippen LogP contribution in [0.15, 0.2) is 43.9 Å². The Morgan fingerprint density at radius 2 is 2.17 bits per heavy atom. The smallest absolute Gasteiger partial charge is 0.331 e. The van der Waals surface area contributed by atoms with Crippen molar-refractivity contribution >= 4 is 51.0 Å². The molecule has 1 N–H and O–H groups in total. The molecule has 0 unspecified atom stereocenters. The summed E-state index contributed by atoms with van der Waals surface area (Å²) >= 11 is 4.50. The van der Waals surface area contributed by atoms with Crippen LogP contribution in [0.4, 0.5) is 0 Å². The summed E-state index contributed by atoms with van der Waals surface area (Å²) in [5, 5.41) is 10.9. The van der Waals surface area contributed by atoms with Crippen molar-refractivity contribution in [3.8, 4) is 0 Å². The summed E-state index contributed by atoms with van der Waals surface area (Å²) in [4.78, 5) is 23.1. The van der Waals surface area contributed by atoms with Crippen LogP contribution in [0.25, 0.3) is 0 Å². The molecule has 1 aromatic carbocycles. The van der Waals surface area contributed by atoms with E-state index in [-0.39, 0.29) is 4.91 Å². The Kier molecular flexibility index (Phi) is 6.33. The van der Waals surface area contributed by atoms with Gasteiger partial charge >= 0.3 is 5.97 Å². The van der Waals surface area contributed by atoms with E-state index in [1.807, 2.05) is 18.2 Å². The van der Waals surface area contributed by atoms with E-state index in [4.69, 9.17) is 0 Å². The van der Waals surface area contributed by atoms with Crippen LogP contribution in [0.2, 0.25) is 0 Å². The Labute approximate surface area is 152 Å². The van der Waals surface area contributed by atoms with Gasteiger partial charge in [-0.25, -0.2) is 4.79 Å². The van der Waals surface area contributed by atoms with E-state index < -0.39 is 11.9 Å². The van der Waals surface area contributed by atoms with E-state index in [9.17, 15) is 9.59 Å². The second-order valence-corrected chi connectivity index (χ2v) is 7.11. The maximum Gasteiger partial charge on any atom is 0.331 e. The Morgan fingerprint density at radius 1 is 1.42 bits per heavy atom. The largest absolute Gasteiger partial charge is 0.466 e. The average Bonchev–Trinajstić information content (AvgIpc) is 2.88. The summed E-state index contributed by atoms with van der Waals surface area (Å²) in [6.45, 7) is 4.20. The molecule has 2 rings (SSSR count). The zero-order chi connectivity index (χ0) is 17.7. The molecule has 0 saturated carbocycles. The molecule has 0 radical (unpaired) electrons. The standard InChI is InChI=1S/C16H16BrN3O3S/c1-9(2)12-6-11(17)5-4-10(12)8-18-20-16-19-15(22)13(24-16)7-14(21)23-3/h4-9H,1-3H3,(H,19,20,22)/b13-7+,18-8?. The van der Waals surface area contributed by atoms with E-state index in [2.05, 4.69) is 50.0 Å². The molecule has 126 valence electrons. The maximum absolute atomic E-state index is 11.7. The van der Waals surface area contributed by atoms with Crippen molar-refractivity contribution in [2.45, 2.75) is 19.8 Å². The predicted octanol–water partition coefficient (Wildman–Crippen LogP) is 3.18. The number of halogens is 1. The summed E-state index contributed by atoms with van der Waals surface area (Å²) in [5.74, 6) is -0.647. The van der Waals surface area contributed by atoms with Gasteiger partial charge in [0.15, 0.2) is 5.17 Å². The van der Waals surface area contributed by atoms with Crippen molar-refractivity contribution in [3.63, 3.8) is 0 Å². The third kappa shape index (κ3) is 4.78. The van der Waals surface area contributed by atoms with Gasteiger partial charge in [-0.2, -0.15) is 5.10 Å². The Hall–Kier alpha value is -1.93. The molecule has 1 saturated heterocycles. The second-order valence-electron chi connectivity index (χ2n) is 5.17. The highest BCUT2D eigenvalue weighted by Gasteiger charge is 2.25. The average molecular weight is 410 g/mol. The van der Waals surface area contributed by atoms with Crippen LogP contribution in [-0.4, -0.2) is 30.4 Å². The molecule has 0 aliphatic carbocycles. The number of hydrogen-bond donors (Lipinski definition) is 1. The van der Waals surface area contributed by atoms with E-state index in [1.165, 1.54) is 7.11 Å². The molecule has 6 nitrogen and oxygen atoms in total. The number of esters is 1. The topological polar surface area (TPSA) is 80.1 Å². The zero-order valence-corrected chi connectivity index (χ0v) is 15.8. The monoisotopic (exact) mass is 409 g/mol. The predicted molar refractivity (Wildman–Crippen MR) is 99.1 cm³/mol. The van der Waals surface area contributed by atoms with Gasteiger partial charge in [0, 0.05) is 10.5 Å². The molecule has 1 aliphatic rings. The van der Waals surface area contributed by atoms with Crippen LogP contribution < -0.4 is 5.32 Å². The van der Waals surface area contributed by atoms with Crippen LogP contribution in [0.3, 0.4) is 0 Å². The maximum atomic E-state index is 11.7. The lowest BCUT2D eigenvalue weighted by Crippen LogP contribution is -2.19. The first-order valence-corrected chi connectivity index (χ1v) is 8.71. The number of amidine groups is 1. The number of carbonyl (C=O) groups is 2. The summed E-state index contributed by atoms with van der Waals surface area (Å²) in [6.07, 6.45) is 2.77. The summed E-state index contributed by atoms with van der Waals surface area (Å²) in [6, 6.07) is 5.93. The summed E-state index contributed by atoms with van der Waals surface area (Å²) in [5.41, 5.74) is 2.10. The molecule has 0 spiro atoms. The molecular formula is C16H16BrN3O3S. The SMILES string of the molecule is COC(=O)/C=C1/S/C(=N\N=Cc2ccc(Br)cc2C(C)C)NC1=O. The first-order chi connectivity index (χ1) is 11.4. The first-order valence-electron chi connectivity index (χ1n) is 7.10. The number of nitrogens with one attached hydrogen (secondary N) is 1. The third-order valence-electron chi connectivity index (χ3n) is 3.12. The lowest BCUT2D eigenvalue weighted by Gasteiger charge is -2.09. The molecule has 0 bridgehead atoms. The van der Waals surface area contributed by atoms with Crippen molar-refractivity contribution < 1.29 is 14.3 Å². The molecule has 1 aromatic rings. The fourth-order valence-electron chi connectivity index (χ4n) is 1.95. The van der Waals surface area contributed by atoms with Crippen molar-refractivity contribution in [3.05, 3.63) is 44.8 Å². The molecule has 8 heteroatoms. The molecule has 0 aromatic heterocycles. The molecule has 24 heavy (non-hydrogen) atoms. The van der Waals surface area contributed by atoms with Crippen molar-refractivity contribution in [1.82, 2.24) is 5.32 Å². The molecule has 1 fully saturated rings. The Balaban J connectivity index is 2.15. The van der Waals surface area contributed by atoms with Crippen LogP contribution in [0.1, 0.15) is 30.9 Å². The highest BCUT2D eigenvalue weighted by atomic mass is 79.9. The van der Waals surface area contributed by atoms with Crippen molar-refractivity contribution in [2.75, 3.05) is 7.11 Å². The first kappa shape index (κ1) is 18.4. The van der Waals surface area contributed by atoms with Gasteiger partial charge in [-0.1, -0.05) is 35.8 Å². The fourth-order valence-corrected chi connectivity index (χ4v) is 3.07. The van der Waals surface area contributed by atoms with Gasteiger partial charge in [-0.3, -0.25) is 10.1 Å². The van der Waals surface area contributed by atoms with Gasteiger partial charge in [0.25, 0.3) is 5.91 Å². The third-order valence-corrected chi connectivity index (χ3v) is 4.51. The number of hydrogen-bond acceptors (Lipinski definition) is 6. The van der Waals surface area contributed by atoms with Gasteiger partial charge in [0.1, 0.15) is 0 Å². The van der Waals surface area contributed by atoms with Crippen LogP contribution in [-0.2, 0) is 14.3 Å². The van der Waals surface area contributed by atoms with Gasteiger partial charge in [-0.15, -0.1) is 5.10 Å². The van der Waals surface area contributed by atoms with Gasteiger partial charge < -0.3 is 4.74 Å². The van der Waals surface area contributed by atoms with Crippen LogP contribution >= 0.6 is 27.7 Å². The van der Waals surface area contributed by atoms with Crippen LogP contribution in [0.5, 0.6) is 0 Å². The minimum absolute atomic E-state index is 0.224. The van der Waals surface area contributed by atoms with E-state index in [1.54, 1.807) is 6.21 Å². The fraction of sp³-hybridized carbons (Fsp3) is 0.250. The quantitative estimate of drug-likeness (QED) is 0.358. The van der Waals surface area contributed by atoms with E-state index >= 15 is 0 Å². The van der Waals surface area contributed by atoms with Crippen molar-refractivity contribution in [1.29, 1.82) is 0 Å². The van der Waals surface area contributed by atoms with Crippen LogP contribution in [0, 0.1) is 0 Å². The number of methoxy groups -OCH3 is 1. The number of benzene rings is 1. The summed E-state index contributed by atoms with van der Waals surface area (Å²) in [7, 11) is 1.25. The zero-order valence-electron chi connectivity index (χ0n) is 13.4. The second kappa shape index (κ2) is 8.25. The van der Waals surface area contributed by atoms with E-state index in [0.717, 1.165) is 33.4 Å². The normalized spacial score (nSPS) is 18.0. The highest BCUT2D eigenvalue weighted by molar-refractivity contribution is 9.10. The van der Waals surface area contributed by atoms with Gasteiger partial charge in [-0.05, 0) is 40.9 Å². The van der Waals surface area contributed by atoms with Gasteiger partial charge in [0.05, 0.1) is 18.2 Å². The Bertz CT molecular complexity index is 757. The minimum atomic E-state index is -0.589. The number of carbonyl (C=O) groups excluding carboxylic acids is 2. The number of thioether (sulfide) groups is 1. The lowest BCUT2D eigenvalue weighted by atomic mass is 9.98. The molecule has 1 amide bonds. The molecule has 0 atom stereocenters. The molecule has 1 heterocycles. The van der Waals surface area contributed by atoms with Crippen molar-refractivity contribution in [2.24, 2.45) is 10.2 Å². The number of amides is 1. The number of ether oxygens (including phenoxy) is 1. The number of nitrogens with zero attached hydrogens (tertiary/aromatic N) is 2. The number of rotatable bonds is 4. The summed E-state index contributed by atoms with van der Waals surface area (Å²) < 4.78 is 5.50. The van der Waals surface area contributed by atoms with Gasteiger partial charge in [0.2, 0.25) is 0 Å². The molecule has 1 aliphatic heterocycles. The molecular weight excluding hydrogens is 394 g/mol. The lowest BCUT2D eigenvalue weighted by molar-refractivity contribution is -0.135. The highest BCUT2D eigenvalue weighted by Crippen LogP contribution is 2.24. The minimum Gasteiger partial charge on any atom is -0.466 e. The van der Waals surface area contributed by atoms with E-state index in [0.29, 0.717) is 11.1 Å².